The van der Waals surface area contributed by atoms with Crippen LogP contribution >= 0.6 is 0 Å². The summed E-state index contributed by atoms with van der Waals surface area (Å²) in [6.45, 7) is 9.11. The van der Waals surface area contributed by atoms with Gasteiger partial charge < -0.3 is 14.4 Å². The summed E-state index contributed by atoms with van der Waals surface area (Å²) in [5.74, 6) is -2.12. The van der Waals surface area contributed by atoms with E-state index in [4.69, 9.17) is 9.47 Å². The first-order valence-corrected chi connectivity index (χ1v) is 14.3. The number of alkyl halides is 3. The molecular weight excluding hydrogens is 594 g/mol. The molecule has 2 aromatic heterocycles. The molecule has 0 saturated carbocycles. The highest BCUT2D eigenvalue weighted by molar-refractivity contribution is 6.00. The van der Waals surface area contributed by atoms with Crippen molar-refractivity contribution in [2.75, 3.05) is 26.7 Å². The Labute approximate surface area is 257 Å². The monoisotopic (exact) mass is 627 g/mol. The van der Waals surface area contributed by atoms with Gasteiger partial charge in [-0.05, 0) is 69.7 Å². The highest BCUT2D eigenvalue weighted by atomic mass is 19.4. The molecule has 4 aromatic rings. The van der Waals surface area contributed by atoms with E-state index in [2.05, 4.69) is 15.0 Å². The topological polar surface area (TPSA) is 89.3 Å². The van der Waals surface area contributed by atoms with Crippen LogP contribution in [0.4, 0.5) is 17.6 Å². The summed E-state index contributed by atoms with van der Waals surface area (Å²) in [5, 5.41) is 3.74. The van der Waals surface area contributed by atoms with E-state index in [9.17, 15) is 22.8 Å². The van der Waals surface area contributed by atoms with Gasteiger partial charge in [0.05, 0.1) is 18.9 Å². The van der Waals surface area contributed by atoms with E-state index < -0.39 is 40.9 Å². The average Bonchev–Trinajstić information content (AvgIpc) is 3.38. The van der Waals surface area contributed by atoms with Crippen molar-refractivity contribution in [2.45, 2.75) is 52.1 Å². The Morgan fingerprint density at radius 2 is 1.67 bits per heavy atom. The van der Waals surface area contributed by atoms with Crippen LogP contribution < -0.4 is 4.74 Å². The minimum absolute atomic E-state index is 0.0852. The minimum atomic E-state index is -5.11. The van der Waals surface area contributed by atoms with Gasteiger partial charge in [0.2, 0.25) is 0 Å². The van der Waals surface area contributed by atoms with Crippen LogP contribution in [0.2, 0.25) is 0 Å². The fraction of sp³-hybridized carbons (Fsp3) is 0.375. The van der Waals surface area contributed by atoms with E-state index in [1.54, 1.807) is 37.8 Å². The Balaban J connectivity index is 1.36. The third-order valence-corrected chi connectivity index (χ3v) is 7.42. The molecule has 238 valence electrons. The summed E-state index contributed by atoms with van der Waals surface area (Å²) < 4.78 is 68.5. The molecule has 1 aliphatic heterocycles. The number of ether oxygens (including phenoxy) is 2. The molecule has 5 rings (SSSR count). The molecule has 13 heteroatoms. The van der Waals surface area contributed by atoms with Gasteiger partial charge in [0.1, 0.15) is 22.6 Å². The summed E-state index contributed by atoms with van der Waals surface area (Å²) in [6, 6.07) is 12.6. The first-order valence-electron chi connectivity index (χ1n) is 14.3. The molecule has 45 heavy (non-hydrogen) atoms. The predicted molar refractivity (Wildman–Crippen MR) is 157 cm³/mol. The zero-order valence-corrected chi connectivity index (χ0v) is 25.5. The number of rotatable bonds is 6. The lowest BCUT2D eigenvalue weighted by Crippen LogP contribution is -2.53. The number of esters is 1. The number of aromatic nitrogens is 3. The molecule has 9 nitrogen and oxygen atoms in total. The molecule has 0 bridgehead atoms. The first-order chi connectivity index (χ1) is 21.2. The summed E-state index contributed by atoms with van der Waals surface area (Å²) in [7, 11) is 1.43. The Hall–Kier alpha value is -4.52. The number of methoxy groups -OCH3 is 1. The number of amides is 1. The first kappa shape index (κ1) is 31.9. The van der Waals surface area contributed by atoms with Crippen molar-refractivity contribution in [3.8, 4) is 17.0 Å². The Bertz CT molecular complexity index is 1710. The van der Waals surface area contributed by atoms with Gasteiger partial charge >= 0.3 is 12.1 Å². The number of hydrogen-bond donors (Lipinski definition) is 0. The molecule has 0 spiro atoms. The van der Waals surface area contributed by atoms with Crippen molar-refractivity contribution in [1.82, 2.24) is 24.4 Å². The van der Waals surface area contributed by atoms with Crippen LogP contribution in [-0.4, -0.2) is 74.7 Å². The zero-order chi connectivity index (χ0) is 32.7. The minimum Gasteiger partial charge on any atom is -0.497 e. The summed E-state index contributed by atoms with van der Waals surface area (Å²) in [4.78, 5) is 33.9. The van der Waals surface area contributed by atoms with Crippen LogP contribution in [-0.2, 0) is 17.5 Å². The van der Waals surface area contributed by atoms with Crippen molar-refractivity contribution in [3.05, 3.63) is 82.9 Å². The van der Waals surface area contributed by atoms with Crippen LogP contribution in [0.1, 0.15) is 59.7 Å². The van der Waals surface area contributed by atoms with Gasteiger partial charge in [-0.25, -0.2) is 18.7 Å². The molecular formula is C32H33F4N5O4. The maximum Gasteiger partial charge on any atom is 0.436 e. The van der Waals surface area contributed by atoms with Crippen molar-refractivity contribution in [1.29, 1.82) is 0 Å². The van der Waals surface area contributed by atoms with E-state index in [0.29, 0.717) is 42.0 Å². The van der Waals surface area contributed by atoms with Crippen LogP contribution in [0.25, 0.3) is 16.9 Å². The van der Waals surface area contributed by atoms with E-state index in [1.165, 1.54) is 31.4 Å². The van der Waals surface area contributed by atoms with Crippen LogP contribution in [0.5, 0.6) is 5.75 Å². The smallest absolute Gasteiger partial charge is 0.436 e. The maximum atomic E-state index is 15.3. The molecule has 3 heterocycles. The second-order valence-corrected chi connectivity index (χ2v) is 11.9. The highest BCUT2D eigenvalue weighted by Gasteiger charge is 2.41. The molecule has 0 radical (unpaired) electrons. The summed E-state index contributed by atoms with van der Waals surface area (Å²) in [5.41, 5.74) is -1.85. The third kappa shape index (κ3) is 6.77. The largest absolute Gasteiger partial charge is 0.497 e. The van der Waals surface area contributed by atoms with Crippen molar-refractivity contribution in [2.24, 2.45) is 0 Å². The third-order valence-electron chi connectivity index (χ3n) is 7.42. The number of carbonyl (C=O) groups excluding carboxylic acids is 2. The van der Waals surface area contributed by atoms with Crippen LogP contribution in [0, 0.1) is 5.82 Å². The predicted octanol–water partition coefficient (Wildman–Crippen LogP) is 5.86. The van der Waals surface area contributed by atoms with E-state index in [1.807, 2.05) is 19.1 Å². The molecule has 2 aromatic carbocycles. The molecule has 0 aliphatic carbocycles. The molecule has 0 N–H and O–H groups in total. The van der Waals surface area contributed by atoms with Gasteiger partial charge in [-0.15, -0.1) is 0 Å². The fourth-order valence-corrected chi connectivity index (χ4v) is 5.28. The number of piperazine rings is 1. The van der Waals surface area contributed by atoms with E-state index >= 15 is 4.39 Å². The number of fused-ring (bicyclic) bond motifs is 1. The Morgan fingerprint density at radius 1 is 1.00 bits per heavy atom. The number of nitrogens with zero attached hydrogens (tertiary/aromatic N) is 5. The fourth-order valence-electron chi connectivity index (χ4n) is 5.28. The van der Waals surface area contributed by atoms with E-state index in [-0.39, 0.29) is 22.8 Å². The lowest BCUT2D eigenvalue weighted by Gasteiger charge is -2.39. The highest BCUT2D eigenvalue weighted by Crippen LogP contribution is 2.36. The number of benzene rings is 2. The average molecular weight is 628 g/mol. The second-order valence-electron chi connectivity index (χ2n) is 11.9. The van der Waals surface area contributed by atoms with Crippen LogP contribution in [0.15, 0.2) is 54.7 Å². The maximum absolute atomic E-state index is 15.3. The van der Waals surface area contributed by atoms with Gasteiger partial charge in [0.15, 0.2) is 17.2 Å². The SMILES string of the molecule is COc1ccc(-c2nc3c(C(=O)N4CCN(Cc5ccc(C(=O)OC(C)(C)C)cc5)C[C@H]4C)cnn3c(C(F)(F)F)c2F)cc1. The number of hydrogen-bond acceptors (Lipinski definition) is 7. The van der Waals surface area contributed by atoms with Gasteiger partial charge in [-0.1, -0.05) is 12.1 Å². The molecule has 1 amide bonds. The lowest BCUT2D eigenvalue weighted by molar-refractivity contribution is -0.145. The zero-order valence-electron chi connectivity index (χ0n) is 25.5. The van der Waals surface area contributed by atoms with Crippen LogP contribution in [0.3, 0.4) is 0 Å². The van der Waals surface area contributed by atoms with E-state index in [0.717, 1.165) is 11.8 Å². The van der Waals surface area contributed by atoms with Gasteiger partial charge in [0, 0.05) is 37.8 Å². The number of halogens is 4. The molecule has 1 saturated heterocycles. The van der Waals surface area contributed by atoms with Crippen molar-refractivity contribution in [3.63, 3.8) is 0 Å². The molecule has 1 aliphatic rings. The summed E-state index contributed by atoms with van der Waals surface area (Å²) >= 11 is 0. The molecule has 1 atom stereocenters. The number of carbonyl (C=O) groups is 2. The Morgan fingerprint density at radius 3 is 2.24 bits per heavy atom. The lowest BCUT2D eigenvalue weighted by atomic mass is 10.1. The van der Waals surface area contributed by atoms with Gasteiger partial charge in [-0.2, -0.15) is 18.3 Å². The van der Waals surface area contributed by atoms with Crippen molar-refractivity contribution < 1.29 is 36.6 Å². The molecule has 1 fully saturated rings. The standard InChI is InChI=1S/C32H33F4N5O4/c1-19-17-39(18-20-6-8-22(9-7-20)30(43)45-31(2,3)4)14-15-40(19)29(42)24-16-37-41-27(32(34,35)36)25(33)26(38-28(24)41)21-10-12-23(44-5)13-11-21/h6-13,16,19H,14-15,17-18H2,1-5H3/t19-/m1/s1. The van der Waals surface area contributed by atoms with Crippen molar-refractivity contribution >= 4 is 17.5 Å². The van der Waals surface area contributed by atoms with Gasteiger partial charge in [-0.3, -0.25) is 9.69 Å². The molecule has 0 unspecified atom stereocenters. The summed E-state index contributed by atoms with van der Waals surface area (Å²) in [6.07, 6.45) is -4.11. The second kappa shape index (κ2) is 12.1. The van der Waals surface area contributed by atoms with Gasteiger partial charge in [0.25, 0.3) is 5.91 Å². The normalized spacial score (nSPS) is 16.2. The Kier molecular flexibility index (Phi) is 8.58. The quantitative estimate of drug-likeness (QED) is 0.195.